The molecule has 0 radical (unpaired) electrons. The van der Waals surface area contributed by atoms with Gasteiger partial charge in [-0.15, -0.1) is 11.3 Å². The van der Waals surface area contributed by atoms with E-state index in [4.69, 9.17) is 10.5 Å². The van der Waals surface area contributed by atoms with E-state index in [-0.39, 0.29) is 12.6 Å². The van der Waals surface area contributed by atoms with Crippen LogP contribution in [0.25, 0.3) is 0 Å². The molecule has 1 fully saturated rings. The summed E-state index contributed by atoms with van der Waals surface area (Å²) in [6, 6.07) is 3.15. The molecule has 0 spiro atoms. The third-order valence-corrected chi connectivity index (χ3v) is 6.86. The molecule has 114 valence electrons. The predicted molar refractivity (Wildman–Crippen MR) is 83.3 cm³/mol. The Bertz CT molecular complexity index is 527. The van der Waals surface area contributed by atoms with Gasteiger partial charge < -0.3 is 10.5 Å². The maximum atomic E-state index is 12.0. The largest absolute Gasteiger partial charge is 0.381 e. The average molecular weight is 383 g/mol. The van der Waals surface area contributed by atoms with Crippen molar-refractivity contribution >= 4 is 37.3 Å². The molecule has 1 atom stereocenters. The van der Waals surface area contributed by atoms with Gasteiger partial charge in [0.1, 0.15) is 4.21 Å². The minimum atomic E-state index is -3.44. The number of halogens is 1. The fraction of sp³-hybridized carbons (Fsp3) is 0.667. The van der Waals surface area contributed by atoms with Crippen LogP contribution in [0.5, 0.6) is 0 Å². The summed E-state index contributed by atoms with van der Waals surface area (Å²) < 4.78 is 33.1. The molecule has 0 amide bonds. The van der Waals surface area contributed by atoms with Crippen LogP contribution < -0.4 is 10.5 Å². The lowest BCUT2D eigenvalue weighted by molar-refractivity contribution is 0.0620. The molecule has 1 aliphatic heterocycles. The van der Waals surface area contributed by atoms with Crippen molar-refractivity contribution in [3.05, 3.63) is 15.9 Å². The zero-order valence-electron chi connectivity index (χ0n) is 11.0. The van der Waals surface area contributed by atoms with E-state index in [1.807, 2.05) is 0 Å². The molecular formula is C12H19BrN2O3S2. The van der Waals surface area contributed by atoms with Gasteiger partial charge in [0.2, 0.25) is 10.0 Å². The summed E-state index contributed by atoms with van der Waals surface area (Å²) in [7, 11) is -3.44. The van der Waals surface area contributed by atoms with E-state index in [0.717, 1.165) is 36.3 Å². The molecule has 1 aromatic rings. The zero-order chi connectivity index (χ0) is 14.6. The summed E-state index contributed by atoms with van der Waals surface area (Å²) in [5.74, 6) is 0.541. The van der Waals surface area contributed by atoms with Crippen molar-refractivity contribution in [2.24, 2.45) is 11.7 Å². The Hall–Kier alpha value is 0.01000. The molecule has 2 heterocycles. The van der Waals surface area contributed by atoms with Crippen molar-refractivity contribution in [3.63, 3.8) is 0 Å². The maximum absolute atomic E-state index is 12.0. The number of nitrogens with two attached hydrogens (primary N) is 1. The number of ether oxygens (including phenoxy) is 1. The van der Waals surface area contributed by atoms with Crippen molar-refractivity contribution in [2.75, 3.05) is 19.8 Å². The van der Waals surface area contributed by atoms with Gasteiger partial charge in [-0.3, -0.25) is 0 Å². The standard InChI is InChI=1S/C12H19BrN2O3S2/c13-11-1-2-12(19-11)20(16,17)15-8-10(14)7-9-3-5-18-6-4-9/h1-2,9-10,15H,3-8,14H2. The number of rotatable bonds is 6. The summed E-state index contributed by atoms with van der Waals surface area (Å²) in [4.78, 5) is 0. The van der Waals surface area contributed by atoms with Crippen LogP contribution >= 0.6 is 27.3 Å². The lowest BCUT2D eigenvalue weighted by atomic mass is 9.93. The first kappa shape index (κ1) is 16.4. The molecule has 1 saturated heterocycles. The fourth-order valence-corrected chi connectivity index (χ4v) is 5.37. The molecule has 3 N–H and O–H groups in total. The average Bonchev–Trinajstić information content (AvgIpc) is 2.85. The van der Waals surface area contributed by atoms with Crippen LogP contribution in [0.15, 0.2) is 20.1 Å². The molecule has 0 bridgehead atoms. The van der Waals surface area contributed by atoms with Crippen molar-refractivity contribution < 1.29 is 13.2 Å². The highest BCUT2D eigenvalue weighted by Crippen LogP contribution is 2.26. The summed E-state index contributed by atoms with van der Waals surface area (Å²) >= 11 is 4.45. The molecule has 0 aliphatic carbocycles. The van der Waals surface area contributed by atoms with Gasteiger partial charge >= 0.3 is 0 Å². The molecule has 8 heteroatoms. The minimum Gasteiger partial charge on any atom is -0.381 e. The second-order valence-corrected chi connectivity index (χ2v) is 9.42. The molecule has 0 aromatic carbocycles. The van der Waals surface area contributed by atoms with Gasteiger partial charge in [0.25, 0.3) is 0 Å². The van der Waals surface area contributed by atoms with E-state index < -0.39 is 10.0 Å². The van der Waals surface area contributed by atoms with E-state index in [2.05, 4.69) is 20.7 Å². The van der Waals surface area contributed by atoms with Crippen molar-refractivity contribution in [1.29, 1.82) is 0 Å². The molecule has 1 aromatic heterocycles. The molecule has 20 heavy (non-hydrogen) atoms. The van der Waals surface area contributed by atoms with Gasteiger partial charge in [-0.25, -0.2) is 13.1 Å². The summed E-state index contributed by atoms with van der Waals surface area (Å²) in [5, 5.41) is 0. The van der Waals surface area contributed by atoms with E-state index in [0.29, 0.717) is 10.1 Å². The smallest absolute Gasteiger partial charge is 0.250 e. The summed E-state index contributed by atoms with van der Waals surface area (Å²) in [5.41, 5.74) is 6.02. The molecule has 1 unspecified atom stereocenters. The Morgan fingerprint density at radius 1 is 1.45 bits per heavy atom. The van der Waals surface area contributed by atoms with Crippen molar-refractivity contribution in [2.45, 2.75) is 29.5 Å². The Morgan fingerprint density at radius 2 is 2.15 bits per heavy atom. The minimum absolute atomic E-state index is 0.156. The SMILES string of the molecule is NC(CNS(=O)(=O)c1ccc(Br)s1)CC1CCOCC1. The second-order valence-electron chi connectivity index (χ2n) is 4.96. The van der Waals surface area contributed by atoms with Gasteiger partial charge in [0.15, 0.2) is 0 Å². The Balaban J connectivity index is 1.81. The van der Waals surface area contributed by atoms with Crippen LogP contribution in [0, 0.1) is 5.92 Å². The van der Waals surface area contributed by atoms with Crippen LogP contribution in [0.2, 0.25) is 0 Å². The topological polar surface area (TPSA) is 81.4 Å². The van der Waals surface area contributed by atoms with E-state index in [1.165, 1.54) is 11.3 Å². The lowest BCUT2D eigenvalue weighted by Crippen LogP contribution is -2.38. The van der Waals surface area contributed by atoms with Gasteiger partial charge in [0.05, 0.1) is 3.79 Å². The summed E-state index contributed by atoms with van der Waals surface area (Å²) in [6.45, 7) is 1.84. The molecular weight excluding hydrogens is 364 g/mol. The van der Waals surface area contributed by atoms with Crippen LogP contribution in [0.3, 0.4) is 0 Å². The van der Waals surface area contributed by atoms with E-state index in [9.17, 15) is 8.42 Å². The van der Waals surface area contributed by atoms with Crippen molar-refractivity contribution in [1.82, 2.24) is 4.72 Å². The Kier molecular flexibility index (Phi) is 6.00. The first-order chi connectivity index (χ1) is 9.47. The molecule has 5 nitrogen and oxygen atoms in total. The normalized spacial score (nSPS) is 19.1. The maximum Gasteiger partial charge on any atom is 0.250 e. The lowest BCUT2D eigenvalue weighted by Gasteiger charge is -2.24. The molecule has 2 rings (SSSR count). The van der Waals surface area contributed by atoms with Gasteiger partial charge in [-0.2, -0.15) is 0 Å². The number of nitrogens with one attached hydrogen (secondary N) is 1. The van der Waals surface area contributed by atoms with Crippen LogP contribution in [0.1, 0.15) is 19.3 Å². The quantitative estimate of drug-likeness (QED) is 0.787. The first-order valence-corrected chi connectivity index (χ1v) is 9.65. The molecule has 0 saturated carbocycles. The van der Waals surface area contributed by atoms with E-state index >= 15 is 0 Å². The number of hydrogen-bond acceptors (Lipinski definition) is 5. The fourth-order valence-electron chi connectivity index (χ4n) is 2.22. The van der Waals surface area contributed by atoms with Crippen LogP contribution in [0.4, 0.5) is 0 Å². The van der Waals surface area contributed by atoms with Gasteiger partial charge in [0, 0.05) is 25.8 Å². The van der Waals surface area contributed by atoms with Crippen LogP contribution in [-0.2, 0) is 14.8 Å². The Morgan fingerprint density at radius 3 is 2.75 bits per heavy atom. The van der Waals surface area contributed by atoms with Crippen molar-refractivity contribution in [3.8, 4) is 0 Å². The van der Waals surface area contributed by atoms with Gasteiger partial charge in [-0.1, -0.05) is 0 Å². The third kappa shape index (κ3) is 4.78. The van der Waals surface area contributed by atoms with E-state index in [1.54, 1.807) is 12.1 Å². The Labute approximate surface area is 132 Å². The predicted octanol–water partition coefficient (Wildman–Crippen LogP) is 1.93. The number of thiophene rings is 1. The highest BCUT2D eigenvalue weighted by molar-refractivity contribution is 9.11. The van der Waals surface area contributed by atoms with Crippen LogP contribution in [-0.4, -0.2) is 34.2 Å². The second kappa shape index (κ2) is 7.33. The highest BCUT2D eigenvalue weighted by Gasteiger charge is 2.20. The summed E-state index contributed by atoms with van der Waals surface area (Å²) in [6.07, 6.45) is 2.86. The number of hydrogen-bond donors (Lipinski definition) is 2. The monoisotopic (exact) mass is 382 g/mol. The zero-order valence-corrected chi connectivity index (χ0v) is 14.3. The van der Waals surface area contributed by atoms with Gasteiger partial charge in [-0.05, 0) is 53.2 Å². The highest BCUT2D eigenvalue weighted by atomic mass is 79.9. The third-order valence-electron chi connectivity index (χ3n) is 3.33. The molecule has 1 aliphatic rings. The first-order valence-electron chi connectivity index (χ1n) is 6.55. The number of sulfonamides is 1.